The minimum absolute atomic E-state index is 0.0204. The van der Waals surface area contributed by atoms with Crippen molar-refractivity contribution in [2.75, 3.05) is 0 Å². The average Bonchev–Trinajstić information content (AvgIpc) is 3.32. The average molecular weight is 949 g/mol. The minimum Gasteiger partial charge on any atom is -0.462 e. The van der Waals surface area contributed by atoms with E-state index in [2.05, 4.69) is 26.3 Å². The number of carbonyl (C=O) groups is 5. The van der Waals surface area contributed by atoms with E-state index in [4.69, 9.17) is 37.9 Å². The summed E-state index contributed by atoms with van der Waals surface area (Å²) in [5, 5.41) is 0. The normalized spacial score (nSPS) is 17.2. The third kappa shape index (κ3) is 13.1. The molecule has 0 spiro atoms. The van der Waals surface area contributed by atoms with E-state index < -0.39 is 60.4 Å². The number of hydrogen-bond acceptors (Lipinski definition) is 13. The molecule has 1 aliphatic heterocycles. The topological polar surface area (TPSA) is 159 Å². The van der Waals surface area contributed by atoms with Crippen LogP contribution in [-0.4, -0.2) is 54.4 Å². The zero-order valence-corrected chi connectivity index (χ0v) is 39.9. The van der Waals surface area contributed by atoms with Gasteiger partial charge in [-0.05, 0) is 104 Å². The quantitative estimate of drug-likeness (QED) is 0.0314. The molecule has 1 fully saturated rings. The van der Waals surface area contributed by atoms with Crippen LogP contribution < -0.4 is 18.9 Å². The van der Waals surface area contributed by atoms with Crippen LogP contribution in [0.5, 0.6) is 23.0 Å². The van der Waals surface area contributed by atoms with Gasteiger partial charge in [0, 0.05) is 25.3 Å². The second-order valence-corrected chi connectivity index (χ2v) is 16.6. The van der Waals surface area contributed by atoms with Crippen molar-refractivity contribution in [3.05, 3.63) is 193 Å². The molecule has 13 heteroatoms. The van der Waals surface area contributed by atoms with Crippen molar-refractivity contribution in [3.8, 4) is 23.0 Å². The number of allylic oxidation sites excluding steroid dienone is 4. The molecule has 5 aromatic carbocycles. The Kier molecular flexibility index (Phi) is 17.5. The van der Waals surface area contributed by atoms with Crippen LogP contribution in [0, 0.1) is 5.92 Å². The predicted molar refractivity (Wildman–Crippen MR) is 263 cm³/mol. The largest absolute Gasteiger partial charge is 0.462 e. The molecular formula is C57H56O13. The standard InChI is InChI=1S/C57H56O13/c1-10-40-21-11-12-22-41(40)37(7)33-46-51(32-31-36(6)42-23-13-17-27-47(42)65-38(8)58)67-57(70-56(62)45-26-16-20-30-50(45)66-39(9)59)53(69-55(61)44-25-15-19-29-49(44)64-35(4)5)52(46)68-54(60)43-24-14-18-28-48(43)63-34(2)3/h11-30,46,51-53,57H,2,4,6-7,10,31-33H2,1,3,5,8-9H3. The lowest BCUT2D eigenvalue weighted by Gasteiger charge is -2.45. The lowest BCUT2D eigenvalue weighted by molar-refractivity contribution is -0.266. The Balaban J connectivity index is 1.53. The third-order valence-electron chi connectivity index (χ3n) is 11.2. The fourth-order valence-corrected chi connectivity index (χ4v) is 8.13. The molecule has 70 heavy (non-hydrogen) atoms. The number of hydrogen-bond donors (Lipinski definition) is 0. The Morgan fingerprint density at radius 3 is 1.36 bits per heavy atom. The van der Waals surface area contributed by atoms with Crippen molar-refractivity contribution in [1.82, 2.24) is 0 Å². The van der Waals surface area contributed by atoms with E-state index in [1.165, 1.54) is 38.1 Å². The van der Waals surface area contributed by atoms with Gasteiger partial charge in [0.25, 0.3) is 0 Å². The number of benzene rings is 5. The molecule has 5 atom stereocenters. The van der Waals surface area contributed by atoms with Gasteiger partial charge in [-0.1, -0.05) is 112 Å². The Bertz CT molecular complexity index is 2800. The van der Waals surface area contributed by atoms with Crippen LogP contribution in [0.4, 0.5) is 0 Å². The first-order valence-corrected chi connectivity index (χ1v) is 22.7. The van der Waals surface area contributed by atoms with Gasteiger partial charge in [-0.3, -0.25) is 9.59 Å². The van der Waals surface area contributed by atoms with Crippen molar-refractivity contribution >= 4 is 41.0 Å². The Labute approximate surface area is 407 Å². The smallest absolute Gasteiger partial charge is 0.344 e. The number of para-hydroxylation sites is 4. The summed E-state index contributed by atoms with van der Waals surface area (Å²) in [5.41, 5.74) is 3.49. The number of aryl methyl sites for hydroxylation is 1. The van der Waals surface area contributed by atoms with E-state index in [-0.39, 0.29) is 59.0 Å². The van der Waals surface area contributed by atoms with Gasteiger partial charge in [0.2, 0.25) is 12.4 Å². The Morgan fingerprint density at radius 2 is 0.886 bits per heavy atom. The van der Waals surface area contributed by atoms with Crippen LogP contribution in [-0.2, 0) is 35.0 Å². The van der Waals surface area contributed by atoms with Crippen LogP contribution >= 0.6 is 0 Å². The number of esters is 5. The molecule has 0 amide bonds. The Hall–Kier alpha value is -8.03. The first kappa shape index (κ1) is 51.4. The summed E-state index contributed by atoms with van der Waals surface area (Å²) in [6.45, 7) is 24.3. The molecule has 1 heterocycles. The molecule has 13 nitrogen and oxygen atoms in total. The van der Waals surface area contributed by atoms with E-state index in [0.717, 1.165) is 11.1 Å². The molecule has 5 aromatic rings. The fourth-order valence-electron chi connectivity index (χ4n) is 8.13. The fraction of sp³-hybridized carbons (Fsp3) is 0.246. The van der Waals surface area contributed by atoms with Crippen LogP contribution in [0.1, 0.15) is 102 Å². The van der Waals surface area contributed by atoms with Crippen molar-refractivity contribution < 1.29 is 61.9 Å². The van der Waals surface area contributed by atoms with Gasteiger partial charge in [-0.15, -0.1) is 0 Å². The molecule has 0 aromatic heterocycles. The second kappa shape index (κ2) is 23.8. The Morgan fingerprint density at radius 1 is 0.486 bits per heavy atom. The summed E-state index contributed by atoms with van der Waals surface area (Å²) in [4.78, 5) is 68.1. The molecule has 362 valence electrons. The number of carbonyl (C=O) groups excluding carboxylic acids is 5. The molecular weight excluding hydrogens is 893 g/mol. The molecule has 0 N–H and O–H groups in total. The van der Waals surface area contributed by atoms with Crippen LogP contribution in [0.2, 0.25) is 0 Å². The van der Waals surface area contributed by atoms with Gasteiger partial charge in [-0.2, -0.15) is 0 Å². The zero-order chi connectivity index (χ0) is 50.5. The van der Waals surface area contributed by atoms with E-state index >= 15 is 0 Å². The molecule has 1 saturated heterocycles. The molecule has 1 aliphatic rings. The second-order valence-electron chi connectivity index (χ2n) is 16.6. The van der Waals surface area contributed by atoms with Gasteiger partial charge >= 0.3 is 29.8 Å². The maximum atomic E-state index is 14.8. The van der Waals surface area contributed by atoms with Crippen LogP contribution in [0.25, 0.3) is 11.1 Å². The highest BCUT2D eigenvalue weighted by atomic mass is 16.7. The number of rotatable bonds is 20. The summed E-state index contributed by atoms with van der Waals surface area (Å²) < 4.78 is 48.6. The van der Waals surface area contributed by atoms with E-state index in [9.17, 15) is 24.0 Å². The molecule has 0 aliphatic carbocycles. The van der Waals surface area contributed by atoms with E-state index in [1.807, 2.05) is 31.2 Å². The SMILES string of the molecule is C=C(C)Oc1ccccc1C(=O)OC1C(OC(=O)c2ccccc2OC(C)=O)OC(CCC(=C)c2ccccc2OC(C)=O)C(CC(=C)c2ccccc2CC)C1OC(=O)c1ccccc1OC(=C)C. The van der Waals surface area contributed by atoms with Crippen molar-refractivity contribution in [2.45, 2.75) is 84.9 Å². The predicted octanol–water partition coefficient (Wildman–Crippen LogP) is 11.5. The highest BCUT2D eigenvalue weighted by molar-refractivity contribution is 5.95. The summed E-state index contributed by atoms with van der Waals surface area (Å²) in [5.74, 6) is -3.87. The van der Waals surface area contributed by atoms with Crippen molar-refractivity contribution in [2.24, 2.45) is 5.92 Å². The number of ether oxygens (including phenoxy) is 8. The summed E-state index contributed by atoms with van der Waals surface area (Å²) in [7, 11) is 0. The molecule has 0 saturated carbocycles. The van der Waals surface area contributed by atoms with Crippen molar-refractivity contribution in [1.29, 1.82) is 0 Å². The first-order valence-electron chi connectivity index (χ1n) is 22.7. The van der Waals surface area contributed by atoms with Gasteiger partial charge in [0.1, 0.15) is 39.7 Å². The monoisotopic (exact) mass is 948 g/mol. The molecule has 0 radical (unpaired) electrons. The third-order valence-corrected chi connectivity index (χ3v) is 11.2. The van der Waals surface area contributed by atoms with E-state index in [1.54, 1.807) is 86.6 Å². The first-order chi connectivity index (χ1) is 33.5. The summed E-state index contributed by atoms with van der Waals surface area (Å²) in [6, 6.07) is 33.4. The highest BCUT2D eigenvalue weighted by Gasteiger charge is 2.52. The van der Waals surface area contributed by atoms with Gasteiger partial charge in [-0.25, -0.2) is 14.4 Å². The molecule has 5 unspecified atom stereocenters. The highest BCUT2D eigenvalue weighted by Crippen LogP contribution is 2.42. The van der Waals surface area contributed by atoms with Crippen molar-refractivity contribution in [3.63, 3.8) is 0 Å². The van der Waals surface area contributed by atoms with Gasteiger partial charge in [0.05, 0.1) is 17.6 Å². The lowest BCUT2D eigenvalue weighted by Crippen LogP contribution is -2.58. The summed E-state index contributed by atoms with van der Waals surface area (Å²) >= 11 is 0. The van der Waals surface area contributed by atoms with Gasteiger partial charge in [0.15, 0.2) is 6.10 Å². The zero-order valence-electron chi connectivity index (χ0n) is 39.9. The molecule has 0 bridgehead atoms. The maximum Gasteiger partial charge on any atom is 0.344 e. The van der Waals surface area contributed by atoms with Gasteiger partial charge < -0.3 is 37.9 Å². The van der Waals surface area contributed by atoms with Crippen LogP contribution in [0.15, 0.2) is 159 Å². The minimum atomic E-state index is -1.78. The maximum absolute atomic E-state index is 14.8. The molecule has 6 rings (SSSR count). The lowest BCUT2D eigenvalue weighted by atomic mass is 9.79. The van der Waals surface area contributed by atoms with E-state index in [0.29, 0.717) is 34.6 Å². The van der Waals surface area contributed by atoms with Crippen LogP contribution in [0.3, 0.4) is 0 Å². The summed E-state index contributed by atoms with van der Waals surface area (Å²) in [6.07, 6.45) is -4.71.